The van der Waals surface area contributed by atoms with Crippen molar-refractivity contribution in [2.75, 3.05) is 13.1 Å². The average molecular weight is 317 g/mol. The Hall–Kier alpha value is -2.41. The molecule has 2 unspecified atom stereocenters. The molecular formula is C16H19N3O4. The molecule has 1 fully saturated rings. The van der Waals surface area contributed by atoms with E-state index in [0.29, 0.717) is 18.5 Å². The van der Waals surface area contributed by atoms with Crippen LogP contribution < -0.4 is 0 Å². The molecule has 0 aliphatic carbocycles. The van der Waals surface area contributed by atoms with Gasteiger partial charge in [0.2, 0.25) is 5.91 Å². The molecule has 2 heterocycles. The van der Waals surface area contributed by atoms with Crippen molar-refractivity contribution in [2.24, 2.45) is 5.92 Å². The van der Waals surface area contributed by atoms with Gasteiger partial charge in [0.05, 0.1) is 17.4 Å². The number of hydrogen-bond donors (Lipinski definition) is 2. The first-order chi connectivity index (χ1) is 11.0. The number of β-amino-alcohol motifs (C(OH)–C–C–N with tert-alkyl or cyclic N) is 1. The highest BCUT2D eigenvalue weighted by Crippen LogP contribution is 2.25. The predicted molar refractivity (Wildman–Crippen MR) is 85.0 cm³/mol. The fraction of sp³-hybridized carbons (Fsp3) is 0.438. The average Bonchev–Trinajstić information content (AvgIpc) is 2.92. The summed E-state index contributed by atoms with van der Waals surface area (Å²) in [4.78, 5) is 27.6. The number of nitro benzene ring substituents is 1. The van der Waals surface area contributed by atoms with Crippen LogP contribution in [0, 0.1) is 16.0 Å². The zero-order chi connectivity index (χ0) is 16.6. The van der Waals surface area contributed by atoms with Crippen molar-refractivity contribution in [3.8, 4) is 0 Å². The molecule has 0 bridgehead atoms. The molecule has 1 saturated heterocycles. The van der Waals surface area contributed by atoms with Gasteiger partial charge in [0.1, 0.15) is 0 Å². The summed E-state index contributed by atoms with van der Waals surface area (Å²) in [5, 5.41) is 21.5. The van der Waals surface area contributed by atoms with Crippen LogP contribution in [0.25, 0.3) is 10.9 Å². The second-order valence-electron chi connectivity index (χ2n) is 6.15. The summed E-state index contributed by atoms with van der Waals surface area (Å²) in [7, 11) is 0. The molecule has 2 atom stereocenters. The summed E-state index contributed by atoms with van der Waals surface area (Å²) in [6, 6.07) is 4.57. The number of rotatable bonds is 3. The number of aliphatic hydroxyl groups excluding tert-OH is 1. The molecule has 1 amide bonds. The van der Waals surface area contributed by atoms with Gasteiger partial charge < -0.3 is 15.0 Å². The van der Waals surface area contributed by atoms with Gasteiger partial charge in [-0.1, -0.05) is 6.92 Å². The molecule has 0 saturated carbocycles. The Labute approximate surface area is 133 Å². The zero-order valence-corrected chi connectivity index (χ0v) is 12.9. The first-order valence-corrected chi connectivity index (χ1v) is 7.66. The van der Waals surface area contributed by atoms with Crippen LogP contribution in [0.4, 0.5) is 5.69 Å². The first kappa shape index (κ1) is 15.5. The van der Waals surface area contributed by atoms with Crippen molar-refractivity contribution in [3.05, 3.63) is 40.1 Å². The molecule has 1 aliphatic heterocycles. The van der Waals surface area contributed by atoms with E-state index in [1.54, 1.807) is 17.2 Å². The van der Waals surface area contributed by atoms with Crippen LogP contribution >= 0.6 is 0 Å². The van der Waals surface area contributed by atoms with Crippen LogP contribution in [0.1, 0.15) is 18.9 Å². The van der Waals surface area contributed by atoms with Crippen LogP contribution in [-0.2, 0) is 11.2 Å². The van der Waals surface area contributed by atoms with Gasteiger partial charge in [-0.2, -0.15) is 0 Å². The molecule has 2 N–H and O–H groups in total. The highest BCUT2D eigenvalue weighted by molar-refractivity contribution is 5.90. The molecule has 122 valence electrons. The topological polar surface area (TPSA) is 99.5 Å². The van der Waals surface area contributed by atoms with E-state index in [0.717, 1.165) is 17.5 Å². The summed E-state index contributed by atoms with van der Waals surface area (Å²) >= 11 is 0. The van der Waals surface area contributed by atoms with Crippen LogP contribution in [0.3, 0.4) is 0 Å². The van der Waals surface area contributed by atoms with Crippen molar-refractivity contribution in [1.29, 1.82) is 0 Å². The summed E-state index contributed by atoms with van der Waals surface area (Å²) in [6.45, 7) is 2.97. The summed E-state index contributed by atoms with van der Waals surface area (Å²) in [5.74, 6) is 0.137. The minimum atomic E-state index is -0.489. The van der Waals surface area contributed by atoms with Gasteiger partial charge in [-0.3, -0.25) is 14.9 Å². The van der Waals surface area contributed by atoms with Crippen molar-refractivity contribution >= 4 is 22.5 Å². The highest BCUT2D eigenvalue weighted by Gasteiger charge is 2.27. The number of aromatic nitrogens is 1. The van der Waals surface area contributed by atoms with E-state index >= 15 is 0 Å². The smallest absolute Gasteiger partial charge is 0.270 e. The molecule has 1 aromatic carbocycles. The normalized spacial score (nSPS) is 21.6. The lowest BCUT2D eigenvalue weighted by Gasteiger charge is -2.34. The summed E-state index contributed by atoms with van der Waals surface area (Å²) < 4.78 is 0. The maximum absolute atomic E-state index is 12.4. The Kier molecular flexibility index (Phi) is 4.04. The first-order valence-electron chi connectivity index (χ1n) is 7.66. The molecule has 7 heteroatoms. The molecule has 1 aromatic heterocycles. The lowest BCUT2D eigenvalue weighted by molar-refractivity contribution is -0.384. The van der Waals surface area contributed by atoms with Gasteiger partial charge in [0.25, 0.3) is 5.69 Å². The third-order valence-electron chi connectivity index (χ3n) is 4.57. The molecule has 2 aromatic rings. The minimum Gasteiger partial charge on any atom is -0.391 e. The number of piperidine rings is 1. The van der Waals surface area contributed by atoms with E-state index in [1.807, 2.05) is 6.92 Å². The highest BCUT2D eigenvalue weighted by atomic mass is 16.6. The Morgan fingerprint density at radius 3 is 3.00 bits per heavy atom. The molecule has 3 rings (SSSR count). The second-order valence-corrected chi connectivity index (χ2v) is 6.15. The number of nitro groups is 1. The van der Waals surface area contributed by atoms with E-state index in [-0.39, 0.29) is 23.9 Å². The van der Waals surface area contributed by atoms with Gasteiger partial charge in [0.15, 0.2) is 0 Å². The fourth-order valence-electron chi connectivity index (χ4n) is 2.98. The fourth-order valence-corrected chi connectivity index (χ4v) is 2.98. The molecule has 7 nitrogen and oxygen atoms in total. The van der Waals surface area contributed by atoms with Gasteiger partial charge >= 0.3 is 0 Å². The van der Waals surface area contributed by atoms with Crippen LogP contribution in [0.15, 0.2) is 24.4 Å². The maximum Gasteiger partial charge on any atom is 0.270 e. The van der Waals surface area contributed by atoms with Crippen molar-refractivity contribution in [3.63, 3.8) is 0 Å². The zero-order valence-electron chi connectivity index (χ0n) is 12.9. The van der Waals surface area contributed by atoms with Crippen molar-refractivity contribution in [2.45, 2.75) is 25.9 Å². The largest absolute Gasteiger partial charge is 0.391 e. The number of aromatic amines is 1. The van der Waals surface area contributed by atoms with Crippen LogP contribution in [0.2, 0.25) is 0 Å². The number of nitrogens with zero attached hydrogens (tertiary/aromatic N) is 2. The Balaban J connectivity index is 1.79. The van der Waals surface area contributed by atoms with Crippen LogP contribution in [-0.4, -0.2) is 45.0 Å². The number of aliphatic hydroxyl groups is 1. The molecule has 1 aliphatic rings. The molecular weight excluding hydrogens is 298 g/mol. The van der Waals surface area contributed by atoms with Gasteiger partial charge in [0, 0.05) is 42.3 Å². The Morgan fingerprint density at radius 1 is 1.52 bits per heavy atom. The van der Waals surface area contributed by atoms with E-state index in [1.165, 1.54) is 12.1 Å². The number of benzene rings is 1. The number of amides is 1. The van der Waals surface area contributed by atoms with Gasteiger partial charge in [-0.05, 0) is 24.0 Å². The molecule has 0 radical (unpaired) electrons. The molecule has 23 heavy (non-hydrogen) atoms. The lowest BCUT2D eigenvalue weighted by atomic mass is 9.95. The van der Waals surface area contributed by atoms with E-state index < -0.39 is 11.0 Å². The second kappa shape index (κ2) is 6.00. The number of hydrogen-bond acceptors (Lipinski definition) is 4. The molecule has 0 spiro atoms. The number of likely N-dealkylation sites (tertiary alicyclic amines) is 1. The monoisotopic (exact) mass is 317 g/mol. The van der Waals surface area contributed by atoms with Crippen LogP contribution in [0.5, 0.6) is 0 Å². The quantitative estimate of drug-likeness (QED) is 0.666. The Morgan fingerprint density at radius 2 is 2.30 bits per heavy atom. The predicted octanol–water partition coefficient (Wildman–Crippen LogP) is 1.85. The lowest BCUT2D eigenvalue weighted by Crippen LogP contribution is -2.46. The number of H-pyrrole nitrogens is 1. The summed E-state index contributed by atoms with van der Waals surface area (Å²) in [6.07, 6.45) is 2.18. The maximum atomic E-state index is 12.4. The number of non-ortho nitro benzene ring substituents is 1. The number of carbonyl (C=O) groups excluding carboxylic acids is 1. The van der Waals surface area contributed by atoms with E-state index in [4.69, 9.17) is 0 Å². The minimum absolute atomic E-state index is 0.00742. The standard InChI is InChI=1S/C16H19N3O4/c1-10-4-5-18(9-15(10)20)16(21)6-11-8-17-14-3-2-12(19(22)23)7-13(11)14/h2-3,7-8,10,15,17,20H,4-6,9H2,1H3. The van der Waals surface area contributed by atoms with E-state index in [2.05, 4.69) is 4.98 Å². The number of nitrogens with one attached hydrogen (secondary N) is 1. The summed E-state index contributed by atoms with van der Waals surface area (Å²) in [5.41, 5.74) is 1.51. The SMILES string of the molecule is CC1CCN(C(=O)Cc2c[nH]c3ccc([N+](=O)[O-])cc23)CC1O. The number of fused-ring (bicyclic) bond motifs is 1. The van der Waals surface area contributed by atoms with Crippen molar-refractivity contribution < 1.29 is 14.8 Å². The van der Waals surface area contributed by atoms with Crippen molar-refractivity contribution in [1.82, 2.24) is 9.88 Å². The third kappa shape index (κ3) is 3.05. The van der Waals surface area contributed by atoms with E-state index in [9.17, 15) is 20.0 Å². The number of carbonyl (C=O) groups is 1. The Bertz CT molecular complexity index is 755. The van der Waals surface area contributed by atoms with Gasteiger partial charge in [-0.15, -0.1) is 0 Å². The van der Waals surface area contributed by atoms with Gasteiger partial charge in [-0.25, -0.2) is 0 Å². The third-order valence-corrected chi connectivity index (χ3v) is 4.57.